The Kier molecular flexibility index (Phi) is 5.54. The summed E-state index contributed by atoms with van der Waals surface area (Å²) in [4.78, 5) is 12.5. The van der Waals surface area contributed by atoms with Gasteiger partial charge in [0.25, 0.3) is 5.69 Å². The first-order valence-electron chi connectivity index (χ1n) is 5.83. The molecule has 0 aliphatic carbocycles. The molecule has 0 saturated carbocycles. The van der Waals surface area contributed by atoms with E-state index in [1.54, 1.807) is 19.2 Å². The molecule has 0 amide bonds. The summed E-state index contributed by atoms with van der Waals surface area (Å²) < 4.78 is 0. The summed E-state index contributed by atoms with van der Waals surface area (Å²) in [6.07, 6.45) is 0.725. The topological polar surface area (TPSA) is 78.6 Å². The molecule has 0 aliphatic rings. The third-order valence-electron chi connectivity index (χ3n) is 2.68. The molecule has 0 bridgehead atoms. The number of hydrogen-bond donors (Lipinski definition) is 2. The number of aliphatic hydroxyl groups is 1. The Hall–Kier alpha value is -1.66. The molecule has 0 heterocycles. The highest BCUT2D eigenvalue weighted by atomic mass is 16.6. The van der Waals surface area contributed by atoms with Crippen molar-refractivity contribution in [2.45, 2.75) is 13.0 Å². The second kappa shape index (κ2) is 6.93. The molecule has 0 saturated heterocycles. The summed E-state index contributed by atoms with van der Waals surface area (Å²) in [5, 5.41) is 22.4. The largest absolute Gasteiger partial charge is 0.396 e. The zero-order chi connectivity index (χ0) is 13.5. The van der Waals surface area contributed by atoms with Gasteiger partial charge >= 0.3 is 0 Å². The molecule has 2 N–H and O–H groups in total. The van der Waals surface area contributed by atoms with Crippen LogP contribution in [0.4, 0.5) is 11.4 Å². The van der Waals surface area contributed by atoms with Crippen LogP contribution in [-0.2, 0) is 6.54 Å². The molecule has 0 spiro atoms. The molecule has 0 aromatic heterocycles. The Balaban J connectivity index is 2.76. The van der Waals surface area contributed by atoms with Crippen LogP contribution in [0.3, 0.4) is 0 Å². The van der Waals surface area contributed by atoms with E-state index in [4.69, 9.17) is 5.11 Å². The van der Waals surface area contributed by atoms with Gasteiger partial charge in [0, 0.05) is 32.8 Å². The lowest BCUT2D eigenvalue weighted by Gasteiger charge is -2.16. The molecular weight excluding hydrogens is 234 g/mol. The Morgan fingerprint density at radius 3 is 2.78 bits per heavy atom. The van der Waals surface area contributed by atoms with Gasteiger partial charge in [-0.2, -0.15) is 0 Å². The number of nitro benzene ring substituents is 1. The molecule has 0 aliphatic heterocycles. The van der Waals surface area contributed by atoms with E-state index < -0.39 is 4.92 Å². The third kappa shape index (κ3) is 3.97. The van der Waals surface area contributed by atoms with Crippen molar-refractivity contribution in [1.29, 1.82) is 0 Å². The quantitative estimate of drug-likeness (QED) is 0.568. The van der Waals surface area contributed by atoms with Crippen molar-refractivity contribution < 1.29 is 10.0 Å². The van der Waals surface area contributed by atoms with Crippen LogP contribution in [0.5, 0.6) is 0 Å². The van der Waals surface area contributed by atoms with Crippen molar-refractivity contribution in [1.82, 2.24) is 4.90 Å². The Morgan fingerprint density at radius 1 is 1.50 bits per heavy atom. The Labute approximate surface area is 106 Å². The molecule has 0 atom stereocenters. The SMILES string of the molecule is CNc1cc(CN(C)CCCO)ccc1[N+](=O)[O-]. The third-order valence-corrected chi connectivity index (χ3v) is 2.68. The van der Waals surface area contributed by atoms with Gasteiger partial charge in [-0.25, -0.2) is 0 Å². The van der Waals surface area contributed by atoms with Crippen molar-refractivity contribution in [2.75, 3.05) is 32.6 Å². The van der Waals surface area contributed by atoms with Crippen LogP contribution in [0, 0.1) is 10.1 Å². The maximum atomic E-state index is 10.8. The summed E-state index contributed by atoms with van der Waals surface area (Å²) in [5.74, 6) is 0. The number of hydrogen-bond acceptors (Lipinski definition) is 5. The maximum Gasteiger partial charge on any atom is 0.292 e. The fraction of sp³-hybridized carbons (Fsp3) is 0.500. The Morgan fingerprint density at radius 2 is 2.22 bits per heavy atom. The predicted octanol–water partition coefficient (Wildman–Crippen LogP) is 1.45. The van der Waals surface area contributed by atoms with Crippen LogP contribution in [0.1, 0.15) is 12.0 Å². The van der Waals surface area contributed by atoms with Crippen molar-refractivity contribution in [2.24, 2.45) is 0 Å². The lowest BCUT2D eigenvalue weighted by molar-refractivity contribution is -0.384. The smallest absolute Gasteiger partial charge is 0.292 e. The van der Waals surface area contributed by atoms with E-state index in [0.29, 0.717) is 12.2 Å². The summed E-state index contributed by atoms with van der Waals surface area (Å²) >= 11 is 0. The van der Waals surface area contributed by atoms with Crippen LogP contribution >= 0.6 is 0 Å². The number of rotatable bonds is 7. The van der Waals surface area contributed by atoms with Gasteiger partial charge in [0.05, 0.1) is 4.92 Å². The van der Waals surface area contributed by atoms with Crippen molar-refractivity contribution in [3.8, 4) is 0 Å². The summed E-state index contributed by atoms with van der Waals surface area (Å²) in [6.45, 7) is 1.67. The standard InChI is InChI=1S/C12H19N3O3/c1-13-11-8-10(4-5-12(11)15(17)18)9-14(2)6-3-7-16/h4-5,8,13,16H,3,6-7,9H2,1-2H3. The molecule has 18 heavy (non-hydrogen) atoms. The van der Waals surface area contributed by atoms with E-state index >= 15 is 0 Å². The van der Waals surface area contributed by atoms with Crippen molar-refractivity contribution in [3.63, 3.8) is 0 Å². The van der Waals surface area contributed by atoms with Crippen molar-refractivity contribution >= 4 is 11.4 Å². The molecule has 6 heteroatoms. The summed E-state index contributed by atoms with van der Waals surface area (Å²) in [7, 11) is 3.62. The highest BCUT2D eigenvalue weighted by molar-refractivity contribution is 5.62. The van der Waals surface area contributed by atoms with Gasteiger partial charge in [-0.15, -0.1) is 0 Å². The molecule has 0 fully saturated rings. The Bertz CT molecular complexity index is 410. The molecule has 1 rings (SSSR count). The van der Waals surface area contributed by atoms with E-state index in [0.717, 1.165) is 18.5 Å². The first-order valence-corrected chi connectivity index (χ1v) is 5.83. The molecule has 0 unspecified atom stereocenters. The average Bonchev–Trinajstić information content (AvgIpc) is 2.35. The van der Waals surface area contributed by atoms with E-state index in [-0.39, 0.29) is 12.3 Å². The molecular formula is C12H19N3O3. The predicted molar refractivity (Wildman–Crippen MR) is 70.7 cm³/mol. The fourth-order valence-electron chi connectivity index (χ4n) is 1.77. The van der Waals surface area contributed by atoms with E-state index in [9.17, 15) is 10.1 Å². The van der Waals surface area contributed by atoms with Gasteiger partial charge < -0.3 is 15.3 Å². The van der Waals surface area contributed by atoms with Gasteiger partial charge in [-0.3, -0.25) is 10.1 Å². The van der Waals surface area contributed by atoms with E-state index in [1.165, 1.54) is 6.07 Å². The fourth-order valence-corrected chi connectivity index (χ4v) is 1.77. The summed E-state index contributed by atoms with van der Waals surface area (Å²) in [6, 6.07) is 5.06. The zero-order valence-electron chi connectivity index (χ0n) is 10.7. The second-order valence-electron chi connectivity index (χ2n) is 4.17. The molecule has 1 aromatic rings. The van der Waals surface area contributed by atoms with Crippen LogP contribution in [0.15, 0.2) is 18.2 Å². The lowest BCUT2D eigenvalue weighted by atomic mass is 10.1. The van der Waals surface area contributed by atoms with Crippen LogP contribution < -0.4 is 5.32 Å². The molecule has 6 nitrogen and oxygen atoms in total. The highest BCUT2D eigenvalue weighted by Gasteiger charge is 2.13. The summed E-state index contributed by atoms with van der Waals surface area (Å²) in [5.41, 5.74) is 1.61. The van der Waals surface area contributed by atoms with Crippen molar-refractivity contribution in [3.05, 3.63) is 33.9 Å². The minimum absolute atomic E-state index is 0.0826. The second-order valence-corrected chi connectivity index (χ2v) is 4.17. The molecule has 100 valence electrons. The number of anilines is 1. The van der Waals surface area contributed by atoms with Gasteiger partial charge in [-0.05, 0) is 25.1 Å². The number of nitro groups is 1. The number of aliphatic hydroxyl groups excluding tert-OH is 1. The van der Waals surface area contributed by atoms with E-state index in [1.807, 2.05) is 7.05 Å². The average molecular weight is 253 g/mol. The monoisotopic (exact) mass is 253 g/mol. The van der Waals surface area contributed by atoms with Gasteiger partial charge in [0.2, 0.25) is 0 Å². The first-order chi connectivity index (χ1) is 8.58. The maximum absolute atomic E-state index is 10.8. The zero-order valence-corrected chi connectivity index (χ0v) is 10.7. The highest BCUT2D eigenvalue weighted by Crippen LogP contribution is 2.25. The van der Waals surface area contributed by atoms with Crippen LogP contribution in [0.25, 0.3) is 0 Å². The van der Waals surface area contributed by atoms with Gasteiger partial charge in [-0.1, -0.05) is 6.07 Å². The molecule has 1 aromatic carbocycles. The lowest BCUT2D eigenvalue weighted by Crippen LogP contribution is -2.20. The number of benzene rings is 1. The van der Waals surface area contributed by atoms with Crippen LogP contribution in [-0.4, -0.2) is 42.2 Å². The van der Waals surface area contributed by atoms with Gasteiger partial charge in [0.15, 0.2) is 0 Å². The first kappa shape index (κ1) is 14.4. The number of nitrogens with one attached hydrogen (secondary N) is 1. The minimum Gasteiger partial charge on any atom is -0.396 e. The molecule has 0 radical (unpaired) electrons. The van der Waals surface area contributed by atoms with Gasteiger partial charge in [0.1, 0.15) is 5.69 Å². The van der Waals surface area contributed by atoms with E-state index in [2.05, 4.69) is 10.2 Å². The normalized spacial score (nSPS) is 10.7. The number of nitrogens with zero attached hydrogens (tertiary/aromatic N) is 2. The van der Waals surface area contributed by atoms with Crippen LogP contribution in [0.2, 0.25) is 0 Å². The minimum atomic E-state index is -0.398.